The molecule has 0 aliphatic carbocycles. The van der Waals surface area contributed by atoms with E-state index in [1.165, 1.54) is 6.33 Å². The second-order valence-electron chi connectivity index (χ2n) is 4.62. The van der Waals surface area contributed by atoms with Crippen LogP contribution in [0.4, 0.5) is 5.82 Å². The standard InChI is InChI=1S/C15H18ClN3O/c1-4-7-17-14-11(3)15(19-9-18-14)20-13-6-5-10(2)8-12(13)16/h5-6,8-9H,4,7H2,1-3H3,(H,17,18,19). The number of aryl methyl sites for hydroxylation is 1. The summed E-state index contributed by atoms with van der Waals surface area (Å²) in [5, 5.41) is 3.82. The van der Waals surface area contributed by atoms with Crippen LogP contribution in [0.25, 0.3) is 0 Å². The van der Waals surface area contributed by atoms with Gasteiger partial charge in [-0.1, -0.05) is 24.6 Å². The Bertz CT molecular complexity index is 602. The lowest BCUT2D eigenvalue weighted by atomic mass is 10.2. The van der Waals surface area contributed by atoms with Crippen molar-refractivity contribution in [3.05, 3.63) is 40.7 Å². The molecule has 1 aromatic heterocycles. The summed E-state index contributed by atoms with van der Waals surface area (Å²) in [7, 11) is 0. The van der Waals surface area contributed by atoms with Crippen LogP contribution in [0, 0.1) is 13.8 Å². The van der Waals surface area contributed by atoms with E-state index >= 15 is 0 Å². The third-order valence-electron chi connectivity index (χ3n) is 2.87. The van der Waals surface area contributed by atoms with E-state index in [2.05, 4.69) is 22.2 Å². The van der Waals surface area contributed by atoms with Gasteiger partial charge in [-0.15, -0.1) is 0 Å². The minimum absolute atomic E-state index is 0.518. The molecule has 0 unspecified atom stereocenters. The topological polar surface area (TPSA) is 47.0 Å². The van der Waals surface area contributed by atoms with Gasteiger partial charge < -0.3 is 10.1 Å². The van der Waals surface area contributed by atoms with Gasteiger partial charge in [-0.3, -0.25) is 0 Å². The number of halogens is 1. The van der Waals surface area contributed by atoms with Crippen molar-refractivity contribution in [3.8, 4) is 11.6 Å². The Balaban J connectivity index is 2.24. The Morgan fingerprint density at radius 2 is 2.05 bits per heavy atom. The van der Waals surface area contributed by atoms with Crippen LogP contribution in [-0.4, -0.2) is 16.5 Å². The molecule has 0 atom stereocenters. The van der Waals surface area contributed by atoms with Crippen LogP contribution in [0.15, 0.2) is 24.5 Å². The SMILES string of the molecule is CCCNc1ncnc(Oc2ccc(C)cc2Cl)c1C. The fourth-order valence-corrected chi connectivity index (χ4v) is 2.02. The molecule has 0 saturated heterocycles. The maximum absolute atomic E-state index is 6.17. The molecule has 0 spiro atoms. The zero-order chi connectivity index (χ0) is 14.5. The highest BCUT2D eigenvalue weighted by atomic mass is 35.5. The number of nitrogens with one attached hydrogen (secondary N) is 1. The molecule has 0 aliphatic heterocycles. The van der Waals surface area contributed by atoms with Crippen LogP contribution in [0.2, 0.25) is 5.02 Å². The van der Waals surface area contributed by atoms with Crippen LogP contribution >= 0.6 is 11.6 Å². The maximum atomic E-state index is 6.17. The van der Waals surface area contributed by atoms with Gasteiger partial charge in [0, 0.05) is 6.54 Å². The molecule has 0 bridgehead atoms. The largest absolute Gasteiger partial charge is 0.437 e. The van der Waals surface area contributed by atoms with E-state index in [4.69, 9.17) is 16.3 Å². The quantitative estimate of drug-likeness (QED) is 0.889. The van der Waals surface area contributed by atoms with E-state index in [1.54, 1.807) is 0 Å². The summed E-state index contributed by atoms with van der Waals surface area (Å²) in [4.78, 5) is 8.39. The molecule has 4 nitrogen and oxygen atoms in total. The van der Waals surface area contributed by atoms with Crippen molar-refractivity contribution in [2.45, 2.75) is 27.2 Å². The van der Waals surface area contributed by atoms with Gasteiger partial charge in [-0.05, 0) is 38.0 Å². The number of nitrogens with zero attached hydrogens (tertiary/aromatic N) is 2. The first-order chi connectivity index (χ1) is 9.61. The Kier molecular flexibility index (Phi) is 4.79. The molecule has 5 heteroatoms. The summed E-state index contributed by atoms with van der Waals surface area (Å²) in [5.41, 5.74) is 1.96. The van der Waals surface area contributed by atoms with Crippen LogP contribution in [0.3, 0.4) is 0 Å². The molecule has 0 saturated carbocycles. The lowest BCUT2D eigenvalue weighted by Gasteiger charge is -2.12. The average Bonchev–Trinajstić information content (AvgIpc) is 2.42. The summed E-state index contributed by atoms with van der Waals surface area (Å²) in [6.45, 7) is 6.88. The molecule has 0 aliphatic rings. The predicted octanol–water partition coefficient (Wildman–Crippen LogP) is 4.36. The predicted molar refractivity (Wildman–Crippen MR) is 81.8 cm³/mol. The third-order valence-corrected chi connectivity index (χ3v) is 3.17. The van der Waals surface area contributed by atoms with Gasteiger partial charge in [0.1, 0.15) is 17.9 Å². The fraction of sp³-hybridized carbons (Fsp3) is 0.333. The number of ether oxygens (including phenoxy) is 1. The zero-order valence-electron chi connectivity index (χ0n) is 11.9. The van der Waals surface area contributed by atoms with Crippen molar-refractivity contribution >= 4 is 17.4 Å². The Hall–Kier alpha value is -1.81. The van der Waals surface area contributed by atoms with E-state index in [1.807, 2.05) is 32.0 Å². The fourth-order valence-electron chi connectivity index (χ4n) is 1.75. The van der Waals surface area contributed by atoms with Crippen molar-refractivity contribution in [3.63, 3.8) is 0 Å². The first-order valence-corrected chi connectivity index (χ1v) is 6.99. The summed E-state index contributed by atoms with van der Waals surface area (Å²) >= 11 is 6.17. The smallest absolute Gasteiger partial charge is 0.227 e. The molecular weight excluding hydrogens is 274 g/mol. The van der Waals surface area contributed by atoms with Gasteiger partial charge in [-0.25, -0.2) is 9.97 Å². The van der Waals surface area contributed by atoms with Gasteiger partial charge in [0.25, 0.3) is 0 Å². The van der Waals surface area contributed by atoms with E-state index in [0.717, 1.165) is 29.9 Å². The van der Waals surface area contributed by atoms with E-state index in [9.17, 15) is 0 Å². The highest BCUT2D eigenvalue weighted by Gasteiger charge is 2.10. The first-order valence-electron chi connectivity index (χ1n) is 6.61. The lowest BCUT2D eigenvalue weighted by molar-refractivity contribution is 0.458. The molecule has 1 N–H and O–H groups in total. The molecule has 106 valence electrons. The molecule has 0 amide bonds. The first kappa shape index (κ1) is 14.6. The van der Waals surface area contributed by atoms with Gasteiger partial charge in [0.2, 0.25) is 5.88 Å². The number of benzene rings is 1. The van der Waals surface area contributed by atoms with Crippen LogP contribution < -0.4 is 10.1 Å². The van der Waals surface area contributed by atoms with Gasteiger partial charge in [-0.2, -0.15) is 0 Å². The monoisotopic (exact) mass is 291 g/mol. The van der Waals surface area contributed by atoms with Gasteiger partial charge in [0.05, 0.1) is 10.6 Å². The Morgan fingerprint density at radius 1 is 1.25 bits per heavy atom. The summed E-state index contributed by atoms with van der Waals surface area (Å²) in [6.07, 6.45) is 2.52. The van der Waals surface area contributed by atoms with E-state index in [-0.39, 0.29) is 0 Å². The second-order valence-corrected chi connectivity index (χ2v) is 5.02. The highest BCUT2D eigenvalue weighted by molar-refractivity contribution is 6.32. The van der Waals surface area contributed by atoms with Crippen molar-refractivity contribution in [2.75, 3.05) is 11.9 Å². The Labute approximate surface area is 124 Å². The highest BCUT2D eigenvalue weighted by Crippen LogP contribution is 2.31. The Morgan fingerprint density at radius 3 is 2.75 bits per heavy atom. The number of hydrogen-bond donors (Lipinski definition) is 1. The second kappa shape index (κ2) is 6.57. The number of hydrogen-bond acceptors (Lipinski definition) is 4. The van der Waals surface area contributed by atoms with Crippen LogP contribution in [0.1, 0.15) is 24.5 Å². The molecule has 2 aromatic rings. The summed E-state index contributed by atoms with van der Waals surface area (Å²) < 4.78 is 5.79. The molecule has 0 radical (unpaired) electrons. The molecule has 2 rings (SSSR count). The lowest BCUT2D eigenvalue weighted by Crippen LogP contribution is -2.05. The molecule has 1 aromatic carbocycles. The number of rotatable bonds is 5. The summed E-state index contributed by atoms with van der Waals surface area (Å²) in [5.74, 6) is 1.91. The van der Waals surface area contributed by atoms with Crippen molar-refractivity contribution in [1.82, 2.24) is 9.97 Å². The third kappa shape index (κ3) is 3.39. The molecular formula is C15H18ClN3O. The number of anilines is 1. The molecule has 20 heavy (non-hydrogen) atoms. The van der Waals surface area contributed by atoms with Crippen LogP contribution in [0.5, 0.6) is 11.6 Å². The van der Waals surface area contributed by atoms with Crippen molar-refractivity contribution in [2.24, 2.45) is 0 Å². The van der Waals surface area contributed by atoms with Crippen molar-refractivity contribution in [1.29, 1.82) is 0 Å². The van der Waals surface area contributed by atoms with E-state index in [0.29, 0.717) is 16.7 Å². The average molecular weight is 292 g/mol. The van der Waals surface area contributed by atoms with Gasteiger partial charge in [0.15, 0.2) is 0 Å². The minimum atomic E-state index is 0.518. The molecule has 1 heterocycles. The van der Waals surface area contributed by atoms with Crippen molar-refractivity contribution < 1.29 is 4.74 Å². The molecule has 0 fully saturated rings. The summed E-state index contributed by atoms with van der Waals surface area (Å²) in [6, 6.07) is 5.66. The minimum Gasteiger partial charge on any atom is -0.437 e. The van der Waals surface area contributed by atoms with Gasteiger partial charge >= 0.3 is 0 Å². The normalized spacial score (nSPS) is 10.4. The van der Waals surface area contributed by atoms with E-state index < -0.39 is 0 Å². The number of aromatic nitrogens is 2. The zero-order valence-corrected chi connectivity index (χ0v) is 12.7. The maximum Gasteiger partial charge on any atom is 0.227 e. The van der Waals surface area contributed by atoms with Crippen LogP contribution in [-0.2, 0) is 0 Å².